The van der Waals surface area contributed by atoms with Gasteiger partial charge in [0.25, 0.3) is 0 Å². The molecule has 37 heavy (non-hydrogen) atoms. The number of anilines is 1. The molecule has 3 unspecified atom stereocenters. The standard InChI is InChI=1S/C23H28ClFN6O5S/c1-11-10-36-20-12(7-14(25)18-19(20)31(11)21(28-18)23(2,3)33)17-13(24)8-26-22(29-17)27-15-5-6-30(9-16(15)32)37(4,34)35/h7-8,11,15-16,32-33H,5-6,9-10H2,1-4H3,(H,26,27,29). The number of nitrogens with zero attached hydrogens (tertiary/aromatic N) is 5. The van der Waals surface area contributed by atoms with Gasteiger partial charge < -0.3 is 24.8 Å². The second kappa shape index (κ2) is 9.02. The van der Waals surface area contributed by atoms with Crippen LogP contribution in [0.25, 0.3) is 22.3 Å². The molecule has 0 bridgehead atoms. The van der Waals surface area contributed by atoms with Gasteiger partial charge in [-0.2, -0.15) is 4.31 Å². The number of ether oxygens (including phenoxy) is 1. The van der Waals surface area contributed by atoms with Crippen molar-refractivity contribution in [3.05, 3.63) is 28.9 Å². The van der Waals surface area contributed by atoms with Gasteiger partial charge >= 0.3 is 0 Å². The van der Waals surface area contributed by atoms with Gasteiger partial charge in [0.15, 0.2) is 11.6 Å². The smallest absolute Gasteiger partial charge is 0.223 e. The van der Waals surface area contributed by atoms with Gasteiger partial charge in [0.05, 0.1) is 41.4 Å². The molecule has 0 spiro atoms. The van der Waals surface area contributed by atoms with Crippen molar-refractivity contribution < 1.29 is 27.8 Å². The highest BCUT2D eigenvalue weighted by molar-refractivity contribution is 7.88. The highest BCUT2D eigenvalue weighted by atomic mass is 35.5. The summed E-state index contributed by atoms with van der Waals surface area (Å²) >= 11 is 6.45. The quantitative estimate of drug-likeness (QED) is 0.433. The van der Waals surface area contributed by atoms with Crippen molar-refractivity contribution in [3.63, 3.8) is 0 Å². The Balaban J connectivity index is 1.55. The van der Waals surface area contributed by atoms with Gasteiger partial charge in [0, 0.05) is 18.7 Å². The zero-order valence-electron chi connectivity index (χ0n) is 20.7. The summed E-state index contributed by atoms with van der Waals surface area (Å²) < 4.78 is 48.0. The zero-order chi connectivity index (χ0) is 26.9. The number of sulfonamides is 1. The van der Waals surface area contributed by atoms with Crippen molar-refractivity contribution in [1.82, 2.24) is 23.8 Å². The average molecular weight is 555 g/mol. The molecule has 2 aliphatic rings. The van der Waals surface area contributed by atoms with Crippen LogP contribution >= 0.6 is 11.6 Å². The summed E-state index contributed by atoms with van der Waals surface area (Å²) in [5.74, 6) is 0.175. The van der Waals surface area contributed by atoms with Gasteiger partial charge in [-0.05, 0) is 33.3 Å². The lowest BCUT2D eigenvalue weighted by Crippen LogP contribution is -2.51. The maximum atomic E-state index is 15.4. The minimum Gasteiger partial charge on any atom is -0.488 e. The summed E-state index contributed by atoms with van der Waals surface area (Å²) in [5.41, 5.74) is -0.329. The van der Waals surface area contributed by atoms with Gasteiger partial charge in [-0.25, -0.2) is 27.8 Å². The van der Waals surface area contributed by atoms with Crippen LogP contribution in [-0.2, 0) is 15.6 Å². The van der Waals surface area contributed by atoms with Crippen LogP contribution in [0.2, 0.25) is 5.02 Å². The molecule has 0 radical (unpaired) electrons. The molecule has 0 aliphatic carbocycles. The first kappa shape index (κ1) is 26.0. The summed E-state index contributed by atoms with van der Waals surface area (Å²) in [7, 11) is -3.42. The van der Waals surface area contributed by atoms with Crippen molar-refractivity contribution in [1.29, 1.82) is 0 Å². The molecule has 3 N–H and O–H groups in total. The fourth-order valence-corrected chi connectivity index (χ4v) is 5.88. The summed E-state index contributed by atoms with van der Waals surface area (Å²) in [6, 6.07) is 0.541. The monoisotopic (exact) mass is 554 g/mol. The predicted molar refractivity (Wildman–Crippen MR) is 136 cm³/mol. The lowest BCUT2D eigenvalue weighted by atomic mass is 10.0. The molecule has 2 aliphatic heterocycles. The molecule has 200 valence electrons. The van der Waals surface area contributed by atoms with E-state index in [9.17, 15) is 18.6 Å². The van der Waals surface area contributed by atoms with E-state index in [0.717, 1.165) is 6.26 Å². The molecule has 11 nitrogen and oxygen atoms in total. The number of aliphatic hydroxyl groups is 2. The summed E-state index contributed by atoms with van der Waals surface area (Å²) in [6.07, 6.45) is 1.82. The number of nitrogens with one attached hydrogen (secondary N) is 1. The number of benzene rings is 1. The van der Waals surface area contributed by atoms with Gasteiger partial charge in [-0.3, -0.25) is 0 Å². The molecule has 4 heterocycles. The number of hydrogen-bond acceptors (Lipinski definition) is 9. The molecule has 1 saturated heterocycles. The van der Waals surface area contributed by atoms with Crippen LogP contribution in [0.1, 0.15) is 39.1 Å². The van der Waals surface area contributed by atoms with E-state index in [4.69, 9.17) is 16.3 Å². The second-order valence-electron chi connectivity index (χ2n) is 10.1. The summed E-state index contributed by atoms with van der Waals surface area (Å²) in [6.45, 7) is 5.52. The van der Waals surface area contributed by atoms with Gasteiger partial charge in [-0.1, -0.05) is 11.6 Å². The van der Waals surface area contributed by atoms with E-state index in [0.29, 0.717) is 29.1 Å². The first-order valence-corrected chi connectivity index (χ1v) is 14.0. The Hall–Kier alpha value is -2.58. The Morgan fingerprint density at radius 1 is 1.32 bits per heavy atom. The third kappa shape index (κ3) is 4.63. The van der Waals surface area contributed by atoms with E-state index in [1.807, 2.05) is 6.92 Å². The number of β-amino-alcohol motifs (C(OH)–C–C–N with tert-alkyl or cyclic N) is 1. The fraction of sp³-hybridized carbons (Fsp3) is 0.522. The van der Waals surface area contributed by atoms with E-state index < -0.39 is 33.6 Å². The number of halogens is 2. The molecule has 2 aromatic heterocycles. The van der Waals surface area contributed by atoms with Gasteiger partial charge in [-0.15, -0.1) is 0 Å². The van der Waals surface area contributed by atoms with E-state index in [1.54, 1.807) is 18.4 Å². The van der Waals surface area contributed by atoms with Gasteiger partial charge in [0.1, 0.15) is 29.1 Å². The first-order chi connectivity index (χ1) is 17.3. The normalized spacial score (nSPS) is 22.8. The molecule has 14 heteroatoms. The Kier molecular flexibility index (Phi) is 6.35. The maximum Gasteiger partial charge on any atom is 0.223 e. The molecular formula is C23H28ClFN6O5S. The second-order valence-corrected chi connectivity index (χ2v) is 12.5. The van der Waals surface area contributed by atoms with Crippen molar-refractivity contribution in [2.24, 2.45) is 0 Å². The number of aliphatic hydroxyl groups excluding tert-OH is 1. The topological polar surface area (TPSA) is 143 Å². The molecule has 0 saturated carbocycles. The van der Waals surface area contributed by atoms with Crippen molar-refractivity contribution in [3.8, 4) is 17.0 Å². The van der Waals surface area contributed by atoms with Crippen LogP contribution in [-0.4, -0.2) is 80.6 Å². The van der Waals surface area contributed by atoms with Crippen LogP contribution in [0.15, 0.2) is 12.3 Å². The Labute approximate surface area is 218 Å². The molecule has 3 aromatic rings. The van der Waals surface area contributed by atoms with Crippen LogP contribution in [0, 0.1) is 5.82 Å². The van der Waals surface area contributed by atoms with Crippen molar-refractivity contribution in [2.45, 2.75) is 51.0 Å². The highest BCUT2D eigenvalue weighted by Crippen LogP contribution is 2.45. The molecule has 0 amide bonds. The van der Waals surface area contributed by atoms with Crippen molar-refractivity contribution >= 4 is 38.6 Å². The third-order valence-electron chi connectivity index (χ3n) is 6.65. The lowest BCUT2D eigenvalue weighted by molar-refractivity contribution is 0.0616. The molecule has 3 atom stereocenters. The molecule has 1 fully saturated rings. The van der Waals surface area contributed by atoms with Crippen LogP contribution < -0.4 is 10.1 Å². The number of aromatic nitrogens is 4. The molecular weight excluding hydrogens is 527 g/mol. The van der Waals surface area contributed by atoms with Gasteiger partial charge in [0.2, 0.25) is 16.0 Å². The van der Waals surface area contributed by atoms with Crippen LogP contribution in [0.4, 0.5) is 10.3 Å². The minimum absolute atomic E-state index is 0.0530. The molecule has 5 rings (SSSR count). The summed E-state index contributed by atoms with van der Waals surface area (Å²) in [5, 5.41) is 24.4. The van der Waals surface area contributed by atoms with Crippen LogP contribution in [0.5, 0.6) is 5.75 Å². The summed E-state index contributed by atoms with van der Waals surface area (Å²) in [4.78, 5) is 13.1. The fourth-order valence-electron chi connectivity index (χ4n) is 4.83. The van der Waals surface area contributed by atoms with E-state index in [1.165, 1.54) is 16.6 Å². The number of hydrogen-bond donors (Lipinski definition) is 3. The Morgan fingerprint density at radius 2 is 2.05 bits per heavy atom. The number of imidazole rings is 1. The SMILES string of the molecule is CC1COc2c(-c3nc(NC4CCN(S(C)(=O)=O)CC4O)ncc3Cl)cc(F)c3nc(C(C)(C)O)n1c23. The number of piperidine rings is 1. The molecule has 1 aromatic carbocycles. The van der Waals surface area contributed by atoms with Crippen LogP contribution in [0.3, 0.4) is 0 Å². The largest absolute Gasteiger partial charge is 0.488 e. The minimum atomic E-state index is -3.42. The predicted octanol–water partition coefficient (Wildman–Crippen LogP) is 2.27. The third-order valence-corrected chi connectivity index (χ3v) is 8.20. The lowest BCUT2D eigenvalue weighted by Gasteiger charge is -2.34. The Morgan fingerprint density at radius 3 is 2.70 bits per heavy atom. The van der Waals surface area contributed by atoms with E-state index in [2.05, 4.69) is 20.3 Å². The van der Waals surface area contributed by atoms with E-state index in [-0.39, 0.29) is 47.9 Å². The Bertz CT molecular complexity index is 1490. The first-order valence-electron chi connectivity index (χ1n) is 11.8. The maximum absolute atomic E-state index is 15.4. The van der Waals surface area contributed by atoms with Crippen molar-refractivity contribution in [2.75, 3.05) is 31.3 Å². The highest BCUT2D eigenvalue weighted by Gasteiger charge is 2.35. The average Bonchev–Trinajstić information content (AvgIpc) is 3.23. The van der Waals surface area contributed by atoms with E-state index >= 15 is 4.39 Å². The number of rotatable bonds is 5. The zero-order valence-corrected chi connectivity index (χ0v) is 22.3.